The molecule has 0 aromatic heterocycles. The fourth-order valence-electron chi connectivity index (χ4n) is 1.70. The minimum Gasteiger partial charge on any atom is -0.496 e. The Morgan fingerprint density at radius 3 is 2.75 bits per heavy atom. The van der Waals surface area contributed by atoms with Gasteiger partial charge in [-0.3, -0.25) is 0 Å². The Kier molecular flexibility index (Phi) is 7.40. The summed E-state index contributed by atoms with van der Waals surface area (Å²) in [6.07, 6.45) is 0.798. The Balaban J connectivity index is 2.47. The first-order valence-corrected chi connectivity index (χ1v) is 7.24. The van der Waals surface area contributed by atoms with E-state index in [1.54, 1.807) is 14.2 Å². The summed E-state index contributed by atoms with van der Waals surface area (Å²) in [5, 5.41) is 5.67. The summed E-state index contributed by atoms with van der Waals surface area (Å²) in [7, 11) is 3.26. The first-order chi connectivity index (χ1) is 9.58. The number of hydrogen-bond donors (Lipinski definition) is 2. The second kappa shape index (κ2) is 8.81. The summed E-state index contributed by atoms with van der Waals surface area (Å²) in [6.45, 7) is 3.17. The second-order valence-electron chi connectivity index (χ2n) is 4.36. The van der Waals surface area contributed by atoms with Crippen LogP contribution in [0.1, 0.15) is 24.9 Å². The van der Waals surface area contributed by atoms with Crippen molar-refractivity contribution in [1.29, 1.82) is 0 Å². The standard InChI is InChI=1S/C14H21BrN2O3/c1-10(17-14(18)16-7-4-8-19-2)11-5-6-13(20-3)12(15)9-11/h5-6,9-10H,4,7-8H2,1-3H3,(H2,16,17,18). The van der Waals surface area contributed by atoms with Crippen LogP contribution in [0.25, 0.3) is 0 Å². The predicted molar refractivity (Wildman–Crippen MR) is 82.1 cm³/mol. The third kappa shape index (κ3) is 5.38. The number of carbonyl (C=O) groups is 1. The highest BCUT2D eigenvalue weighted by molar-refractivity contribution is 9.10. The number of rotatable bonds is 7. The minimum absolute atomic E-state index is 0.0837. The van der Waals surface area contributed by atoms with Crippen LogP contribution in [-0.2, 0) is 4.74 Å². The zero-order valence-electron chi connectivity index (χ0n) is 12.0. The number of nitrogens with one attached hydrogen (secondary N) is 2. The van der Waals surface area contributed by atoms with Gasteiger partial charge in [0.25, 0.3) is 0 Å². The zero-order valence-corrected chi connectivity index (χ0v) is 13.6. The molecule has 0 aliphatic carbocycles. The molecule has 112 valence electrons. The quantitative estimate of drug-likeness (QED) is 0.747. The molecule has 5 nitrogen and oxygen atoms in total. The van der Waals surface area contributed by atoms with Gasteiger partial charge >= 0.3 is 6.03 Å². The molecule has 1 aromatic carbocycles. The van der Waals surface area contributed by atoms with Crippen molar-refractivity contribution >= 4 is 22.0 Å². The van der Waals surface area contributed by atoms with E-state index in [1.807, 2.05) is 25.1 Å². The maximum Gasteiger partial charge on any atom is 0.315 e. The Morgan fingerprint density at radius 2 is 2.15 bits per heavy atom. The molecule has 1 unspecified atom stereocenters. The third-order valence-electron chi connectivity index (χ3n) is 2.83. The van der Waals surface area contributed by atoms with Gasteiger partial charge in [0.1, 0.15) is 5.75 Å². The van der Waals surface area contributed by atoms with Gasteiger partial charge in [-0.1, -0.05) is 6.07 Å². The Labute approximate surface area is 128 Å². The van der Waals surface area contributed by atoms with Crippen LogP contribution in [0.15, 0.2) is 22.7 Å². The van der Waals surface area contributed by atoms with E-state index in [9.17, 15) is 4.79 Å². The lowest BCUT2D eigenvalue weighted by Crippen LogP contribution is -2.37. The molecule has 0 fully saturated rings. The van der Waals surface area contributed by atoms with E-state index in [1.165, 1.54) is 0 Å². The van der Waals surface area contributed by atoms with Crippen LogP contribution >= 0.6 is 15.9 Å². The van der Waals surface area contributed by atoms with Crippen LogP contribution in [0.3, 0.4) is 0 Å². The van der Waals surface area contributed by atoms with E-state index < -0.39 is 0 Å². The number of halogens is 1. The Morgan fingerprint density at radius 1 is 1.40 bits per heavy atom. The summed E-state index contributed by atoms with van der Waals surface area (Å²) in [5.74, 6) is 0.768. The number of carbonyl (C=O) groups excluding carboxylic acids is 1. The van der Waals surface area contributed by atoms with Crippen LogP contribution in [0.5, 0.6) is 5.75 Å². The van der Waals surface area contributed by atoms with E-state index in [0.717, 1.165) is 22.2 Å². The number of ether oxygens (including phenoxy) is 2. The molecule has 6 heteroatoms. The predicted octanol–water partition coefficient (Wildman–Crippen LogP) is 2.85. The molecule has 0 saturated carbocycles. The van der Waals surface area contributed by atoms with Crippen molar-refractivity contribution in [3.05, 3.63) is 28.2 Å². The van der Waals surface area contributed by atoms with Crippen molar-refractivity contribution in [3.63, 3.8) is 0 Å². The van der Waals surface area contributed by atoms with Crippen molar-refractivity contribution in [2.45, 2.75) is 19.4 Å². The van der Waals surface area contributed by atoms with Gasteiger partial charge in [0.05, 0.1) is 17.6 Å². The zero-order chi connectivity index (χ0) is 15.0. The van der Waals surface area contributed by atoms with E-state index in [2.05, 4.69) is 26.6 Å². The highest BCUT2D eigenvalue weighted by Crippen LogP contribution is 2.27. The first kappa shape index (κ1) is 16.8. The monoisotopic (exact) mass is 344 g/mol. The summed E-state index contributed by atoms with van der Waals surface area (Å²) < 4.78 is 11.0. The number of hydrogen-bond acceptors (Lipinski definition) is 3. The second-order valence-corrected chi connectivity index (χ2v) is 5.22. The van der Waals surface area contributed by atoms with Gasteiger partial charge in [-0.15, -0.1) is 0 Å². The molecule has 2 N–H and O–H groups in total. The normalized spacial score (nSPS) is 11.8. The lowest BCUT2D eigenvalue weighted by molar-refractivity contribution is 0.193. The van der Waals surface area contributed by atoms with Gasteiger partial charge in [0.15, 0.2) is 0 Å². The lowest BCUT2D eigenvalue weighted by atomic mass is 10.1. The molecule has 1 rings (SSSR count). The van der Waals surface area contributed by atoms with E-state index in [4.69, 9.17) is 9.47 Å². The smallest absolute Gasteiger partial charge is 0.315 e. The largest absolute Gasteiger partial charge is 0.496 e. The van der Waals surface area contributed by atoms with Gasteiger partial charge in [0, 0.05) is 20.3 Å². The summed E-state index contributed by atoms with van der Waals surface area (Å²) >= 11 is 3.43. The molecule has 20 heavy (non-hydrogen) atoms. The molecule has 0 aliphatic rings. The summed E-state index contributed by atoms with van der Waals surface area (Å²) in [6, 6.07) is 5.47. The molecule has 0 aliphatic heterocycles. The Hall–Kier alpha value is -1.27. The number of methoxy groups -OCH3 is 2. The third-order valence-corrected chi connectivity index (χ3v) is 3.45. The maximum atomic E-state index is 11.7. The van der Waals surface area contributed by atoms with Gasteiger partial charge in [-0.2, -0.15) is 0 Å². The topological polar surface area (TPSA) is 59.6 Å². The molecule has 2 amide bonds. The fourth-order valence-corrected chi connectivity index (χ4v) is 2.26. The first-order valence-electron chi connectivity index (χ1n) is 6.45. The van der Waals surface area contributed by atoms with Gasteiger partial charge in [-0.25, -0.2) is 4.79 Å². The highest BCUT2D eigenvalue weighted by Gasteiger charge is 2.11. The summed E-state index contributed by atoms with van der Waals surface area (Å²) in [4.78, 5) is 11.7. The average molecular weight is 345 g/mol. The molecule has 0 spiro atoms. The molecule has 0 bridgehead atoms. The minimum atomic E-state index is -0.180. The highest BCUT2D eigenvalue weighted by atomic mass is 79.9. The van der Waals surface area contributed by atoms with Gasteiger partial charge in [-0.05, 0) is 47.0 Å². The van der Waals surface area contributed by atoms with Gasteiger partial charge < -0.3 is 20.1 Å². The number of benzene rings is 1. The molecular formula is C14H21BrN2O3. The maximum absolute atomic E-state index is 11.7. The molecule has 0 radical (unpaired) electrons. The molecule has 0 saturated heterocycles. The number of amides is 2. The van der Waals surface area contributed by atoms with Crippen LogP contribution in [0.4, 0.5) is 4.79 Å². The lowest BCUT2D eigenvalue weighted by Gasteiger charge is -2.16. The fraction of sp³-hybridized carbons (Fsp3) is 0.500. The van der Waals surface area contributed by atoms with E-state index in [-0.39, 0.29) is 12.1 Å². The SMILES string of the molecule is COCCCNC(=O)NC(C)c1ccc(OC)c(Br)c1. The van der Waals surface area contributed by atoms with Crippen molar-refractivity contribution in [2.75, 3.05) is 27.4 Å². The van der Waals surface area contributed by atoms with Crippen molar-refractivity contribution < 1.29 is 14.3 Å². The van der Waals surface area contributed by atoms with Crippen LogP contribution in [0, 0.1) is 0 Å². The molecule has 0 heterocycles. The van der Waals surface area contributed by atoms with Gasteiger partial charge in [0.2, 0.25) is 0 Å². The van der Waals surface area contributed by atoms with Crippen LogP contribution < -0.4 is 15.4 Å². The average Bonchev–Trinajstić information content (AvgIpc) is 2.43. The number of urea groups is 1. The van der Waals surface area contributed by atoms with E-state index >= 15 is 0 Å². The summed E-state index contributed by atoms with van der Waals surface area (Å²) in [5.41, 5.74) is 1.00. The van der Waals surface area contributed by atoms with E-state index in [0.29, 0.717) is 13.2 Å². The Bertz CT molecular complexity index is 440. The van der Waals surface area contributed by atoms with Crippen molar-refractivity contribution in [2.24, 2.45) is 0 Å². The van der Waals surface area contributed by atoms with Crippen LogP contribution in [-0.4, -0.2) is 33.4 Å². The molecule has 1 aromatic rings. The van der Waals surface area contributed by atoms with Crippen molar-refractivity contribution in [1.82, 2.24) is 10.6 Å². The molecule has 1 atom stereocenters. The molecular weight excluding hydrogens is 324 g/mol. The van der Waals surface area contributed by atoms with Crippen molar-refractivity contribution in [3.8, 4) is 5.75 Å². The van der Waals surface area contributed by atoms with Crippen LogP contribution in [0.2, 0.25) is 0 Å².